The first-order valence-corrected chi connectivity index (χ1v) is 9.59. The Kier molecular flexibility index (Phi) is 4.55. The number of sulfonamides is 1. The maximum atomic E-state index is 12.6. The molecule has 3 aromatic rings. The van der Waals surface area contributed by atoms with Crippen LogP contribution in [0.25, 0.3) is 10.1 Å². The molecule has 0 spiro atoms. The summed E-state index contributed by atoms with van der Waals surface area (Å²) in [7, 11) is -3.78. The third-order valence-corrected chi connectivity index (χ3v) is 5.94. The summed E-state index contributed by atoms with van der Waals surface area (Å²) < 4.78 is 33.5. The van der Waals surface area contributed by atoms with Crippen molar-refractivity contribution in [3.8, 4) is 0 Å². The van der Waals surface area contributed by atoms with Crippen LogP contribution in [0.15, 0.2) is 59.5 Å². The lowest BCUT2D eigenvalue weighted by Crippen LogP contribution is -2.15. The lowest BCUT2D eigenvalue weighted by atomic mass is 10.2. The monoisotopic (exact) mass is 361 g/mol. The molecule has 0 bridgehead atoms. The molecule has 1 aromatic heterocycles. The molecule has 0 aliphatic carbocycles. The van der Waals surface area contributed by atoms with Gasteiger partial charge in [0.05, 0.1) is 11.5 Å². The van der Waals surface area contributed by atoms with Crippen LogP contribution in [0.5, 0.6) is 0 Å². The van der Waals surface area contributed by atoms with E-state index in [9.17, 15) is 13.2 Å². The van der Waals surface area contributed by atoms with Crippen LogP contribution in [0, 0.1) is 0 Å². The number of nitrogens with one attached hydrogen (secondary N) is 1. The SMILES string of the molecule is CCOC(=O)c1c(NS(=O)(=O)c2ccccc2)sc2ccccc12. The zero-order valence-electron chi connectivity index (χ0n) is 12.9. The van der Waals surface area contributed by atoms with Gasteiger partial charge in [-0.3, -0.25) is 4.72 Å². The fourth-order valence-electron chi connectivity index (χ4n) is 2.30. The summed E-state index contributed by atoms with van der Waals surface area (Å²) in [5.74, 6) is -0.541. The van der Waals surface area contributed by atoms with Crippen LogP contribution >= 0.6 is 11.3 Å². The second kappa shape index (κ2) is 6.62. The number of esters is 1. The van der Waals surface area contributed by atoms with Gasteiger partial charge in [-0.1, -0.05) is 36.4 Å². The van der Waals surface area contributed by atoms with Crippen LogP contribution < -0.4 is 4.72 Å². The molecular weight excluding hydrogens is 346 g/mol. The van der Waals surface area contributed by atoms with E-state index < -0.39 is 16.0 Å². The van der Waals surface area contributed by atoms with E-state index in [1.54, 1.807) is 37.3 Å². The highest BCUT2D eigenvalue weighted by molar-refractivity contribution is 7.93. The summed E-state index contributed by atoms with van der Waals surface area (Å²) >= 11 is 1.21. The van der Waals surface area contributed by atoms with Crippen molar-refractivity contribution in [1.29, 1.82) is 0 Å². The molecule has 5 nitrogen and oxygen atoms in total. The molecule has 0 radical (unpaired) electrons. The molecule has 3 rings (SSSR count). The first-order valence-electron chi connectivity index (χ1n) is 7.29. The Balaban J connectivity index is 2.09. The smallest absolute Gasteiger partial charge is 0.341 e. The van der Waals surface area contributed by atoms with Gasteiger partial charge in [0.15, 0.2) is 0 Å². The topological polar surface area (TPSA) is 72.5 Å². The molecule has 24 heavy (non-hydrogen) atoms. The minimum absolute atomic E-state index is 0.136. The molecule has 0 atom stereocenters. The number of carbonyl (C=O) groups is 1. The minimum atomic E-state index is -3.78. The van der Waals surface area contributed by atoms with Crippen LogP contribution in [0.1, 0.15) is 17.3 Å². The van der Waals surface area contributed by atoms with Gasteiger partial charge >= 0.3 is 5.97 Å². The standard InChI is InChI=1S/C17H15NO4S2/c1-2-22-17(19)15-13-10-6-7-11-14(13)23-16(15)18-24(20,21)12-8-4-3-5-9-12/h3-11,18H,2H2,1H3. The highest BCUT2D eigenvalue weighted by Gasteiger charge is 2.24. The van der Waals surface area contributed by atoms with Crippen LogP contribution in [0.2, 0.25) is 0 Å². The fourth-order valence-corrected chi connectivity index (χ4v) is 4.72. The van der Waals surface area contributed by atoms with E-state index in [0.29, 0.717) is 5.39 Å². The highest BCUT2D eigenvalue weighted by atomic mass is 32.2. The van der Waals surface area contributed by atoms with Gasteiger partial charge in [-0.2, -0.15) is 0 Å². The molecule has 0 saturated carbocycles. The lowest BCUT2D eigenvalue weighted by Gasteiger charge is -2.08. The summed E-state index contributed by atoms with van der Waals surface area (Å²) in [6.07, 6.45) is 0. The highest BCUT2D eigenvalue weighted by Crippen LogP contribution is 2.37. The van der Waals surface area contributed by atoms with Crippen molar-refractivity contribution >= 4 is 42.4 Å². The molecule has 0 aliphatic rings. The second-order valence-electron chi connectivity index (χ2n) is 4.94. The number of fused-ring (bicyclic) bond motifs is 1. The molecule has 0 amide bonds. The van der Waals surface area contributed by atoms with Gasteiger partial charge in [0, 0.05) is 10.1 Å². The zero-order chi connectivity index (χ0) is 17.2. The molecule has 0 saturated heterocycles. The van der Waals surface area contributed by atoms with E-state index in [0.717, 1.165) is 4.70 Å². The molecule has 1 N–H and O–H groups in total. The zero-order valence-corrected chi connectivity index (χ0v) is 14.5. The van der Waals surface area contributed by atoms with Gasteiger partial charge in [0.2, 0.25) is 0 Å². The molecule has 0 fully saturated rings. The van der Waals surface area contributed by atoms with Gasteiger partial charge in [-0.05, 0) is 25.1 Å². The minimum Gasteiger partial charge on any atom is -0.462 e. The molecular formula is C17H15NO4S2. The third-order valence-electron chi connectivity index (χ3n) is 3.36. The van der Waals surface area contributed by atoms with Crippen LogP contribution in [-0.4, -0.2) is 21.0 Å². The molecule has 124 valence electrons. The van der Waals surface area contributed by atoms with E-state index in [-0.39, 0.29) is 22.1 Å². The van der Waals surface area contributed by atoms with Crippen molar-refractivity contribution in [3.63, 3.8) is 0 Å². The summed E-state index contributed by atoms with van der Waals surface area (Å²) in [6, 6.07) is 15.3. The Bertz CT molecular complexity index is 978. The van der Waals surface area contributed by atoms with Crippen LogP contribution in [0.4, 0.5) is 5.00 Å². The Morgan fingerprint density at radius 3 is 2.46 bits per heavy atom. The first-order chi connectivity index (χ1) is 11.5. The van der Waals surface area contributed by atoms with Crippen molar-refractivity contribution in [1.82, 2.24) is 0 Å². The van der Waals surface area contributed by atoms with Crippen molar-refractivity contribution < 1.29 is 17.9 Å². The van der Waals surface area contributed by atoms with E-state index in [1.807, 2.05) is 12.1 Å². The number of hydrogen-bond acceptors (Lipinski definition) is 5. The number of anilines is 1. The number of ether oxygens (including phenoxy) is 1. The maximum Gasteiger partial charge on any atom is 0.341 e. The second-order valence-corrected chi connectivity index (χ2v) is 7.68. The molecule has 0 unspecified atom stereocenters. The Morgan fingerprint density at radius 2 is 1.75 bits per heavy atom. The number of benzene rings is 2. The van der Waals surface area contributed by atoms with Gasteiger partial charge in [-0.15, -0.1) is 11.3 Å². The number of rotatable bonds is 5. The van der Waals surface area contributed by atoms with Crippen LogP contribution in [-0.2, 0) is 14.8 Å². The predicted molar refractivity (Wildman–Crippen MR) is 95.0 cm³/mol. The Hall–Kier alpha value is -2.38. The Labute approximate surface area is 143 Å². The van der Waals surface area contributed by atoms with E-state index in [4.69, 9.17) is 4.74 Å². The lowest BCUT2D eigenvalue weighted by molar-refractivity contribution is 0.0530. The average molecular weight is 361 g/mol. The predicted octanol–water partition coefficient (Wildman–Crippen LogP) is 3.88. The largest absolute Gasteiger partial charge is 0.462 e. The van der Waals surface area contributed by atoms with E-state index in [2.05, 4.69) is 4.72 Å². The Morgan fingerprint density at radius 1 is 1.08 bits per heavy atom. The van der Waals surface area contributed by atoms with E-state index >= 15 is 0 Å². The third kappa shape index (κ3) is 3.13. The van der Waals surface area contributed by atoms with Crippen LogP contribution in [0.3, 0.4) is 0 Å². The fraction of sp³-hybridized carbons (Fsp3) is 0.118. The quantitative estimate of drug-likeness (QED) is 0.700. The normalized spacial score (nSPS) is 11.4. The number of carbonyl (C=O) groups excluding carboxylic acids is 1. The van der Waals surface area contributed by atoms with Crippen molar-refractivity contribution in [3.05, 3.63) is 60.2 Å². The molecule has 7 heteroatoms. The van der Waals surface area contributed by atoms with Gasteiger partial charge in [0.25, 0.3) is 10.0 Å². The average Bonchev–Trinajstić information content (AvgIpc) is 2.93. The van der Waals surface area contributed by atoms with E-state index in [1.165, 1.54) is 23.5 Å². The number of hydrogen-bond donors (Lipinski definition) is 1. The molecule has 1 heterocycles. The summed E-state index contributed by atoms with van der Waals surface area (Å²) in [5, 5.41) is 0.935. The molecule has 2 aromatic carbocycles. The van der Waals surface area contributed by atoms with Crippen molar-refractivity contribution in [2.45, 2.75) is 11.8 Å². The first kappa shape index (κ1) is 16.5. The van der Waals surface area contributed by atoms with Crippen molar-refractivity contribution in [2.24, 2.45) is 0 Å². The number of thiophene rings is 1. The summed E-state index contributed by atoms with van der Waals surface area (Å²) in [6.45, 7) is 1.92. The maximum absolute atomic E-state index is 12.6. The summed E-state index contributed by atoms with van der Waals surface area (Å²) in [5.41, 5.74) is 0.247. The van der Waals surface area contributed by atoms with Crippen molar-refractivity contribution in [2.75, 3.05) is 11.3 Å². The van der Waals surface area contributed by atoms with Gasteiger partial charge in [0.1, 0.15) is 10.6 Å². The summed E-state index contributed by atoms with van der Waals surface area (Å²) in [4.78, 5) is 12.4. The molecule has 0 aliphatic heterocycles. The van der Waals surface area contributed by atoms with Gasteiger partial charge in [-0.25, -0.2) is 13.2 Å². The van der Waals surface area contributed by atoms with Gasteiger partial charge < -0.3 is 4.74 Å².